The average molecular weight is 347 g/mol. The molecular formula is C18H25N3O2S. The van der Waals surface area contributed by atoms with E-state index in [-0.39, 0.29) is 39.6 Å². The summed E-state index contributed by atoms with van der Waals surface area (Å²) in [5.41, 5.74) is 2.31. The van der Waals surface area contributed by atoms with E-state index in [0.717, 1.165) is 17.9 Å². The van der Waals surface area contributed by atoms with Gasteiger partial charge in [0, 0.05) is 12.0 Å². The number of carbonyl (C=O) groups is 2. The number of hydrogen-bond acceptors (Lipinski definition) is 3. The lowest BCUT2D eigenvalue weighted by Crippen LogP contribution is -2.53. The summed E-state index contributed by atoms with van der Waals surface area (Å²) in [6.45, 7) is 10.5. The molecule has 2 N–H and O–H groups in total. The normalized spacial score (nSPS) is 36.9. The smallest absolute Gasteiger partial charge is 0.253 e. The maximum Gasteiger partial charge on any atom is 0.253 e. The minimum atomic E-state index is -0.305. The molecule has 2 amide bonds. The lowest BCUT2D eigenvalue weighted by atomic mass is 9.46. The van der Waals surface area contributed by atoms with Gasteiger partial charge in [-0.2, -0.15) is 5.01 Å². The average Bonchev–Trinajstić information content (AvgIpc) is 2.81. The van der Waals surface area contributed by atoms with Crippen LogP contribution in [0.3, 0.4) is 0 Å². The standard InChI is InChI=1S/C18H25N3O2S/c1-5-10-19-16(24)20-21-14(22)12-13(15(21)23)18(11(2)3)8-6-17(12,4)7-9-18/h5-6,8,11-13H,1,7,9-10H2,2-4H3,(H2,19,20,24)/t12?,13?,17-,18+/m0/s1. The molecule has 0 aromatic heterocycles. The molecule has 2 fully saturated rings. The second-order valence-electron chi connectivity index (χ2n) is 7.68. The van der Waals surface area contributed by atoms with Crippen LogP contribution in [0.5, 0.6) is 0 Å². The third kappa shape index (κ3) is 2.23. The molecule has 4 aliphatic rings. The van der Waals surface area contributed by atoms with Gasteiger partial charge < -0.3 is 5.32 Å². The van der Waals surface area contributed by atoms with E-state index in [0.29, 0.717) is 12.5 Å². The van der Waals surface area contributed by atoms with Gasteiger partial charge in [-0.05, 0) is 36.4 Å². The third-order valence-electron chi connectivity index (χ3n) is 6.16. The Balaban J connectivity index is 1.93. The first kappa shape index (κ1) is 17.1. The number of thiocarbonyl (C=S) groups is 1. The van der Waals surface area contributed by atoms with Gasteiger partial charge in [-0.15, -0.1) is 6.58 Å². The van der Waals surface area contributed by atoms with E-state index in [1.807, 2.05) is 0 Å². The summed E-state index contributed by atoms with van der Waals surface area (Å²) in [7, 11) is 0. The van der Waals surface area contributed by atoms with Crippen LogP contribution in [0.1, 0.15) is 33.6 Å². The lowest BCUT2D eigenvalue weighted by molar-refractivity contribution is -0.143. The Morgan fingerprint density at radius 1 is 1.38 bits per heavy atom. The molecule has 0 aromatic carbocycles. The highest BCUT2D eigenvalue weighted by molar-refractivity contribution is 7.80. The fourth-order valence-electron chi connectivity index (χ4n) is 4.65. The summed E-state index contributed by atoms with van der Waals surface area (Å²) in [6, 6.07) is 0. The minimum absolute atomic E-state index is 0.156. The van der Waals surface area contributed by atoms with E-state index in [1.54, 1.807) is 6.08 Å². The fraction of sp³-hybridized carbons (Fsp3) is 0.611. The van der Waals surface area contributed by atoms with Gasteiger partial charge in [0.2, 0.25) is 0 Å². The second-order valence-corrected chi connectivity index (χ2v) is 8.09. The zero-order chi connectivity index (χ0) is 17.7. The number of hydrogen-bond donors (Lipinski definition) is 2. The number of allylic oxidation sites excluding steroid dienone is 2. The highest BCUT2D eigenvalue weighted by atomic mass is 32.1. The van der Waals surface area contributed by atoms with Crippen LogP contribution in [-0.2, 0) is 9.59 Å². The Bertz CT molecular complexity index is 644. The molecule has 5 nitrogen and oxygen atoms in total. The van der Waals surface area contributed by atoms with E-state index in [2.05, 4.69) is 50.2 Å². The van der Waals surface area contributed by atoms with Crippen LogP contribution >= 0.6 is 12.2 Å². The number of imide groups is 1. The molecule has 24 heavy (non-hydrogen) atoms. The van der Waals surface area contributed by atoms with Crippen LogP contribution in [0.25, 0.3) is 0 Å². The van der Waals surface area contributed by atoms with Crippen molar-refractivity contribution in [2.45, 2.75) is 33.6 Å². The fourth-order valence-corrected chi connectivity index (χ4v) is 4.82. The molecule has 1 aliphatic heterocycles. The number of hydrazine groups is 1. The van der Waals surface area contributed by atoms with Gasteiger partial charge >= 0.3 is 0 Å². The van der Waals surface area contributed by atoms with Crippen molar-refractivity contribution in [1.82, 2.24) is 15.8 Å². The van der Waals surface area contributed by atoms with Gasteiger partial charge in [-0.25, -0.2) is 0 Å². The summed E-state index contributed by atoms with van der Waals surface area (Å²) < 4.78 is 0. The zero-order valence-electron chi connectivity index (χ0n) is 14.5. The van der Waals surface area contributed by atoms with Crippen molar-refractivity contribution in [3.8, 4) is 0 Å². The van der Waals surface area contributed by atoms with E-state index < -0.39 is 0 Å². The monoisotopic (exact) mass is 347 g/mol. The van der Waals surface area contributed by atoms with Gasteiger partial charge in [-0.3, -0.25) is 15.0 Å². The quantitative estimate of drug-likeness (QED) is 0.464. The summed E-state index contributed by atoms with van der Waals surface area (Å²) >= 11 is 5.18. The number of carbonyl (C=O) groups excluding carboxylic acids is 2. The van der Waals surface area contributed by atoms with Crippen LogP contribution < -0.4 is 10.7 Å². The molecule has 6 heteroatoms. The first-order chi connectivity index (χ1) is 11.3. The molecule has 0 radical (unpaired) electrons. The Morgan fingerprint density at radius 2 is 2.04 bits per heavy atom. The van der Waals surface area contributed by atoms with Gasteiger partial charge in [0.1, 0.15) is 0 Å². The van der Waals surface area contributed by atoms with Crippen LogP contribution in [-0.4, -0.2) is 28.5 Å². The molecule has 2 unspecified atom stereocenters. The predicted octanol–water partition coefficient (Wildman–Crippen LogP) is 2.16. The summed E-state index contributed by atoms with van der Waals surface area (Å²) in [6.07, 6.45) is 7.92. The number of amides is 2. The van der Waals surface area contributed by atoms with Crippen molar-refractivity contribution in [2.24, 2.45) is 28.6 Å². The molecule has 0 aromatic rings. The van der Waals surface area contributed by atoms with Crippen molar-refractivity contribution in [1.29, 1.82) is 0 Å². The maximum atomic E-state index is 13.1. The van der Waals surface area contributed by atoms with Crippen LogP contribution in [0.4, 0.5) is 0 Å². The van der Waals surface area contributed by atoms with E-state index >= 15 is 0 Å². The third-order valence-corrected chi connectivity index (χ3v) is 6.40. The van der Waals surface area contributed by atoms with E-state index in [4.69, 9.17) is 12.2 Å². The van der Waals surface area contributed by atoms with Gasteiger partial charge in [0.15, 0.2) is 5.11 Å². The Hall–Kier alpha value is -1.69. The molecule has 4 rings (SSSR count). The van der Waals surface area contributed by atoms with Crippen molar-refractivity contribution in [3.05, 3.63) is 24.8 Å². The van der Waals surface area contributed by atoms with Gasteiger partial charge in [0.05, 0.1) is 11.8 Å². The molecule has 1 saturated heterocycles. The molecule has 130 valence electrons. The van der Waals surface area contributed by atoms with Crippen molar-refractivity contribution < 1.29 is 9.59 Å². The SMILES string of the molecule is C=CCNC(=S)NN1C(=O)C2C(C1=O)[C@@]1(C)C=C[C@]2(C(C)C)CC1. The minimum Gasteiger partial charge on any atom is -0.358 e. The maximum absolute atomic E-state index is 13.1. The van der Waals surface area contributed by atoms with Crippen molar-refractivity contribution in [3.63, 3.8) is 0 Å². The van der Waals surface area contributed by atoms with Crippen molar-refractivity contribution >= 4 is 29.1 Å². The predicted molar refractivity (Wildman–Crippen MR) is 96.5 cm³/mol. The largest absolute Gasteiger partial charge is 0.358 e. The first-order valence-electron chi connectivity index (χ1n) is 8.50. The van der Waals surface area contributed by atoms with Crippen LogP contribution in [0.2, 0.25) is 0 Å². The number of nitrogens with zero attached hydrogens (tertiary/aromatic N) is 1. The van der Waals surface area contributed by atoms with E-state index in [9.17, 15) is 9.59 Å². The molecule has 1 heterocycles. The summed E-state index contributed by atoms with van der Waals surface area (Å²) in [4.78, 5) is 26.1. The van der Waals surface area contributed by atoms with Crippen LogP contribution in [0, 0.1) is 28.6 Å². The highest BCUT2D eigenvalue weighted by Gasteiger charge is 2.67. The van der Waals surface area contributed by atoms with Crippen molar-refractivity contribution in [2.75, 3.05) is 6.54 Å². The first-order valence-corrected chi connectivity index (χ1v) is 8.91. The Labute approximate surface area is 148 Å². The number of fused-ring (bicyclic) bond motifs is 1. The molecule has 4 atom stereocenters. The van der Waals surface area contributed by atoms with Gasteiger partial charge in [0.25, 0.3) is 11.8 Å². The van der Waals surface area contributed by atoms with Crippen LogP contribution in [0.15, 0.2) is 24.8 Å². The molecule has 0 spiro atoms. The summed E-state index contributed by atoms with van der Waals surface area (Å²) in [5.74, 6) is -0.626. The number of nitrogens with one attached hydrogen (secondary N) is 2. The second kappa shape index (κ2) is 5.69. The topological polar surface area (TPSA) is 61.4 Å². The van der Waals surface area contributed by atoms with Gasteiger partial charge in [-0.1, -0.05) is 39.0 Å². The highest BCUT2D eigenvalue weighted by Crippen LogP contribution is 2.63. The van der Waals surface area contributed by atoms with E-state index in [1.165, 1.54) is 0 Å². The molecule has 1 saturated carbocycles. The Kier molecular flexibility index (Phi) is 4.06. The molecule has 3 aliphatic carbocycles. The number of rotatable bonds is 4. The lowest BCUT2D eigenvalue weighted by Gasteiger charge is -2.55. The summed E-state index contributed by atoms with van der Waals surface area (Å²) in [5, 5.41) is 4.31. The zero-order valence-corrected chi connectivity index (χ0v) is 15.3. The molecular weight excluding hydrogens is 322 g/mol. The molecule has 2 bridgehead atoms. The Morgan fingerprint density at radius 3 is 2.58 bits per heavy atom.